The van der Waals surface area contributed by atoms with E-state index in [4.69, 9.17) is 0 Å². The van der Waals surface area contributed by atoms with Gasteiger partial charge in [0.05, 0.1) is 17.8 Å². The third-order valence-electron chi connectivity index (χ3n) is 5.07. The smallest absolute Gasteiger partial charge is 0.258 e. The maximum atomic E-state index is 13.4. The summed E-state index contributed by atoms with van der Waals surface area (Å²) < 4.78 is 4.13. The van der Waals surface area contributed by atoms with E-state index < -0.39 is 0 Å². The fraction of sp³-hybridized carbons (Fsp3) is 0.350. The molecule has 3 aromatic heterocycles. The molecule has 26 heavy (non-hydrogen) atoms. The van der Waals surface area contributed by atoms with Gasteiger partial charge in [0.1, 0.15) is 0 Å². The fourth-order valence-electron chi connectivity index (χ4n) is 3.74. The first-order valence-electron chi connectivity index (χ1n) is 9.09. The van der Waals surface area contributed by atoms with E-state index in [0.29, 0.717) is 12.1 Å². The van der Waals surface area contributed by atoms with Gasteiger partial charge in [0, 0.05) is 49.6 Å². The van der Waals surface area contributed by atoms with Crippen molar-refractivity contribution in [1.29, 1.82) is 0 Å². The first-order valence-corrected chi connectivity index (χ1v) is 9.09. The number of pyridine rings is 1. The van der Waals surface area contributed by atoms with Crippen LogP contribution >= 0.6 is 0 Å². The van der Waals surface area contributed by atoms with Crippen LogP contribution in [0.25, 0.3) is 0 Å². The van der Waals surface area contributed by atoms with Gasteiger partial charge in [0.25, 0.3) is 5.91 Å². The number of nitrogens with zero attached hydrogens (tertiary/aromatic N) is 5. The van der Waals surface area contributed by atoms with E-state index in [2.05, 4.69) is 33.8 Å². The zero-order chi connectivity index (χ0) is 18.1. The Morgan fingerprint density at radius 3 is 2.88 bits per heavy atom. The molecule has 6 nitrogen and oxygen atoms in total. The average Bonchev–Trinajstić information content (AvgIpc) is 3.28. The van der Waals surface area contributed by atoms with Crippen LogP contribution in [0.15, 0.2) is 49.1 Å². The summed E-state index contributed by atoms with van der Waals surface area (Å²) in [5, 5.41) is 4.41. The molecular formula is C20H23N5O. The van der Waals surface area contributed by atoms with E-state index in [1.54, 1.807) is 12.4 Å². The summed E-state index contributed by atoms with van der Waals surface area (Å²) in [7, 11) is 0. The van der Waals surface area contributed by atoms with Gasteiger partial charge in [-0.05, 0) is 37.1 Å². The Hall–Kier alpha value is -2.89. The van der Waals surface area contributed by atoms with Gasteiger partial charge >= 0.3 is 0 Å². The van der Waals surface area contributed by atoms with Crippen LogP contribution in [0.5, 0.6) is 0 Å². The molecule has 0 saturated heterocycles. The van der Waals surface area contributed by atoms with Crippen LogP contribution < -0.4 is 0 Å². The van der Waals surface area contributed by atoms with Crippen LogP contribution in [0.2, 0.25) is 0 Å². The van der Waals surface area contributed by atoms with E-state index in [1.165, 1.54) is 0 Å². The van der Waals surface area contributed by atoms with Crippen molar-refractivity contribution in [1.82, 2.24) is 24.2 Å². The van der Waals surface area contributed by atoms with Crippen molar-refractivity contribution in [3.63, 3.8) is 0 Å². The lowest BCUT2D eigenvalue weighted by molar-refractivity contribution is 0.0663. The number of rotatable bonds is 4. The van der Waals surface area contributed by atoms with Crippen molar-refractivity contribution < 1.29 is 4.79 Å². The predicted octanol–water partition coefficient (Wildman–Crippen LogP) is 3.04. The zero-order valence-corrected chi connectivity index (χ0v) is 15.2. The topological polar surface area (TPSA) is 56.0 Å². The van der Waals surface area contributed by atoms with Gasteiger partial charge in [0.2, 0.25) is 0 Å². The highest BCUT2D eigenvalue weighted by atomic mass is 16.2. The number of amides is 1. The summed E-state index contributed by atoms with van der Waals surface area (Å²) >= 11 is 0. The van der Waals surface area contributed by atoms with E-state index in [0.717, 1.165) is 36.5 Å². The summed E-state index contributed by atoms with van der Waals surface area (Å²) in [4.78, 5) is 19.6. The molecule has 0 saturated carbocycles. The van der Waals surface area contributed by atoms with Gasteiger partial charge in [-0.1, -0.05) is 13.0 Å². The summed E-state index contributed by atoms with van der Waals surface area (Å²) in [5.41, 5.74) is 3.77. The number of aryl methyl sites for hydroxylation is 1. The summed E-state index contributed by atoms with van der Waals surface area (Å²) in [5.74, 6) is 0.0335. The molecule has 0 aliphatic carbocycles. The van der Waals surface area contributed by atoms with Crippen LogP contribution in [0, 0.1) is 6.92 Å². The molecule has 1 unspecified atom stereocenters. The van der Waals surface area contributed by atoms with Gasteiger partial charge < -0.3 is 9.47 Å². The molecule has 0 aromatic carbocycles. The number of carbonyl (C=O) groups excluding carboxylic acids is 1. The molecule has 1 atom stereocenters. The molecule has 4 heterocycles. The average molecular weight is 349 g/mol. The first kappa shape index (κ1) is 16.6. The molecule has 1 amide bonds. The number of fused-ring (bicyclic) bond motifs is 1. The Labute approximate surface area is 153 Å². The third kappa shape index (κ3) is 2.71. The minimum absolute atomic E-state index is 0.0335. The standard InChI is InChI=1S/C20H23N5O/c1-3-9-25-15(2)17(14-22-25)20(26)24-12-11-23-10-5-7-18(23)19(24)16-6-4-8-21-13-16/h4-8,10,13-14,19H,3,9,11-12H2,1-2H3. The maximum absolute atomic E-state index is 13.4. The van der Waals surface area contributed by atoms with Crippen molar-refractivity contribution >= 4 is 5.91 Å². The lowest BCUT2D eigenvalue weighted by atomic mass is 10.0. The molecule has 0 N–H and O–H groups in total. The Kier molecular flexibility index (Phi) is 4.32. The largest absolute Gasteiger partial charge is 0.348 e. The molecule has 0 fully saturated rings. The van der Waals surface area contributed by atoms with Crippen molar-refractivity contribution in [2.45, 2.75) is 39.4 Å². The quantitative estimate of drug-likeness (QED) is 0.727. The van der Waals surface area contributed by atoms with Gasteiger partial charge in [-0.15, -0.1) is 0 Å². The SMILES string of the molecule is CCCn1ncc(C(=O)N2CCn3cccc3C2c2cccnc2)c1C. The molecule has 4 rings (SSSR count). The van der Waals surface area contributed by atoms with Gasteiger partial charge in [0.15, 0.2) is 0 Å². The molecule has 6 heteroatoms. The number of hydrogen-bond donors (Lipinski definition) is 0. The monoisotopic (exact) mass is 349 g/mol. The van der Waals surface area contributed by atoms with Crippen molar-refractivity contribution in [3.8, 4) is 0 Å². The second-order valence-electron chi connectivity index (χ2n) is 6.68. The minimum atomic E-state index is -0.131. The first-order chi connectivity index (χ1) is 12.7. The maximum Gasteiger partial charge on any atom is 0.258 e. The zero-order valence-electron chi connectivity index (χ0n) is 15.2. The summed E-state index contributed by atoms with van der Waals surface area (Å²) in [6.45, 7) is 6.38. The molecule has 134 valence electrons. The van der Waals surface area contributed by atoms with E-state index in [9.17, 15) is 4.79 Å². The van der Waals surface area contributed by atoms with Crippen LogP contribution in [0.4, 0.5) is 0 Å². The van der Waals surface area contributed by atoms with E-state index in [-0.39, 0.29) is 11.9 Å². The van der Waals surface area contributed by atoms with Gasteiger partial charge in [-0.3, -0.25) is 14.5 Å². The Balaban J connectivity index is 1.74. The Bertz CT molecular complexity index is 911. The second kappa shape index (κ2) is 6.78. The number of hydrogen-bond acceptors (Lipinski definition) is 3. The Morgan fingerprint density at radius 2 is 2.12 bits per heavy atom. The molecule has 3 aromatic rings. The fourth-order valence-corrected chi connectivity index (χ4v) is 3.74. The van der Waals surface area contributed by atoms with Crippen LogP contribution in [0.3, 0.4) is 0 Å². The van der Waals surface area contributed by atoms with Gasteiger partial charge in [-0.25, -0.2) is 0 Å². The van der Waals surface area contributed by atoms with E-state index in [1.807, 2.05) is 40.9 Å². The lowest BCUT2D eigenvalue weighted by Crippen LogP contribution is -2.42. The van der Waals surface area contributed by atoms with Crippen LogP contribution in [-0.2, 0) is 13.1 Å². The molecule has 0 bridgehead atoms. The normalized spacial score (nSPS) is 16.5. The second-order valence-corrected chi connectivity index (χ2v) is 6.68. The summed E-state index contributed by atoms with van der Waals surface area (Å²) in [6, 6.07) is 7.95. The molecule has 0 radical (unpaired) electrons. The van der Waals surface area contributed by atoms with Crippen LogP contribution in [-0.4, -0.2) is 36.7 Å². The highest BCUT2D eigenvalue weighted by Crippen LogP contribution is 2.33. The minimum Gasteiger partial charge on any atom is -0.348 e. The Morgan fingerprint density at radius 1 is 1.23 bits per heavy atom. The molecule has 0 spiro atoms. The molecule has 1 aliphatic heterocycles. The lowest BCUT2D eigenvalue weighted by Gasteiger charge is -2.37. The van der Waals surface area contributed by atoms with E-state index >= 15 is 0 Å². The molecule has 1 aliphatic rings. The van der Waals surface area contributed by atoms with Crippen LogP contribution in [0.1, 0.15) is 46.7 Å². The van der Waals surface area contributed by atoms with Crippen molar-refractivity contribution in [3.05, 3.63) is 71.6 Å². The number of aromatic nitrogens is 4. The van der Waals surface area contributed by atoms with Gasteiger partial charge in [-0.2, -0.15) is 5.10 Å². The predicted molar refractivity (Wildman–Crippen MR) is 98.8 cm³/mol. The highest BCUT2D eigenvalue weighted by Gasteiger charge is 2.34. The van der Waals surface area contributed by atoms with Crippen molar-refractivity contribution in [2.75, 3.05) is 6.54 Å². The summed E-state index contributed by atoms with van der Waals surface area (Å²) in [6.07, 6.45) is 8.38. The number of carbonyl (C=O) groups is 1. The highest BCUT2D eigenvalue weighted by molar-refractivity contribution is 5.95. The molecular weight excluding hydrogens is 326 g/mol. The van der Waals surface area contributed by atoms with Crippen molar-refractivity contribution in [2.24, 2.45) is 0 Å². The third-order valence-corrected chi connectivity index (χ3v) is 5.07.